The summed E-state index contributed by atoms with van der Waals surface area (Å²) in [5, 5.41) is 6.02. The molecule has 0 aliphatic carbocycles. The maximum atomic E-state index is 11.8. The summed E-state index contributed by atoms with van der Waals surface area (Å²) in [6.07, 6.45) is 2.91. The Morgan fingerprint density at radius 2 is 2.27 bits per heavy atom. The Morgan fingerprint density at radius 1 is 1.47 bits per heavy atom. The number of hydrogen-bond acceptors (Lipinski definition) is 3. The third-order valence-corrected chi connectivity index (χ3v) is 2.85. The largest absolute Gasteiger partial charge is 0.377 e. The number of ether oxygens (including phenoxy) is 1. The summed E-state index contributed by atoms with van der Waals surface area (Å²) >= 11 is 0. The van der Waals surface area contributed by atoms with Crippen molar-refractivity contribution in [3.63, 3.8) is 0 Å². The number of carbonyl (C=O) groups excluding carboxylic acids is 1. The highest BCUT2D eigenvalue weighted by Crippen LogP contribution is 2.23. The van der Waals surface area contributed by atoms with Gasteiger partial charge in [0.15, 0.2) is 0 Å². The van der Waals surface area contributed by atoms with Crippen molar-refractivity contribution in [3.8, 4) is 0 Å². The second-order valence-electron chi connectivity index (χ2n) is 3.96. The minimum absolute atomic E-state index is 0.0737. The minimum Gasteiger partial charge on any atom is -0.377 e. The Morgan fingerprint density at radius 3 is 2.93 bits per heavy atom. The summed E-state index contributed by atoms with van der Waals surface area (Å²) in [6.45, 7) is 4.50. The van der Waals surface area contributed by atoms with Crippen molar-refractivity contribution in [2.24, 2.45) is 5.92 Å². The molecule has 1 fully saturated rings. The van der Waals surface area contributed by atoms with Gasteiger partial charge >= 0.3 is 0 Å². The van der Waals surface area contributed by atoms with Crippen LogP contribution >= 0.6 is 0 Å². The highest BCUT2D eigenvalue weighted by molar-refractivity contribution is 5.79. The molecule has 2 N–H and O–H groups in total. The molecule has 2 unspecified atom stereocenters. The fourth-order valence-corrected chi connectivity index (χ4v) is 1.96. The molecule has 15 heavy (non-hydrogen) atoms. The van der Waals surface area contributed by atoms with Gasteiger partial charge in [-0.25, -0.2) is 0 Å². The number of rotatable bonds is 6. The maximum absolute atomic E-state index is 11.8. The van der Waals surface area contributed by atoms with E-state index in [1.165, 1.54) is 0 Å². The summed E-state index contributed by atoms with van der Waals surface area (Å²) in [7, 11) is 1.92. The molecule has 4 heteroatoms. The standard InChI is InChI=1S/C11H22N2O2/c1-3-10-9(5-8-15-10)11(14)13-7-4-6-12-2/h9-10,12H,3-8H2,1-2H3,(H,13,14). The summed E-state index contributed by atoms with van der Waals surface area (Å²) in [4.78, 5) is 11.8. The topological polar surface area (TPSA) is 50.4 Å². The van der Waals surface area contributed by atoms with Crippen LogP contribution in [0.1, 0.15) is 26.2 Å². The first-order valence-electron chi connectivity index (χ1n) is 5.83. The van der Waals surface area contributed by atoms with Gasteiger partial charge in [0, 0.05) is 13.2 Å². The Balaban J connectivity index is 2.21. The second-order valence-corrected chi connectivity index (χ2v) is 3.96. The zero-order valence-corrected chi connectivity index (χ0v) is 9.71. The van der Waals surface area contributed by atoms with E-state index in [2.05, 4.69) is 17.6 Å². The molecule has 1 aliphatic rings. The molecular weight excluding hydrogens is 192 g/mol. The lowest BCUT2D eigenvalue weighted by Crippen LogP contribution is -2.36. The molecule has 4 nitrogen and oxygen atoms in total. The Labute approximate surface area is 91.8 Å². The van der Waals surface area contributed by atoms with Crippen LogP contribution in [0.3, 0.4) is 0 Å². The fraction of sp³-hybridized carbons (Fsp3) is 0.909. The Kier molecular flexibility index (Phi) is 5.65. The van der Waals surface area contributed by atoms with Crippen LogP contribution in [0, 0.1) is 5.92 Å². The van der Waals surface area contributed by atoms with Crippen molar-refractivity contribution in [1.82, 2.24) is 10.6 Å². The minimum atomic E-state index is 0.0737. The van der Waals surface area contributed by atoms with Crippen LogP contribution in [0.2, 0.25) is 0 Å². The molecule has 1 rings (SSSR count). The van der Waals surface area contributed by atoms with Crippen LogP contribution in [-0.2, 0) is 9.53 Å². The van der Waals surface area contributed by atoms with Gasteiger partial charge < -0.3 is 15.4 Å². The van der Waals surface area contributed by atoms with E-state index in [0.29, 0.717) is 0 Å². The van der Waals surface area contributed by atoms with Crippen LogP contribution in [-0.4, -0.2) is 38.8 Å². The van der Waals surface area contributed by atoms with Crippen molar-refractivity contribution < 1.29 is 9.53 Å². The molecule has 0 aromatic heterocycles. The monoisotopic (exact) mass is 214 g/mol. The van der Waals surface area contributed by atoms with Crippen LogP contribution in [0.4, 0.5) is 0 Å². The molecule has 0 aromatic carbocycles. The molecule has 1 heterocycles. The van der Waals surface area contributed by atoms with E-state index < -0.39 is 0 Å². The molecule has 0 saturated carbocycles. The Bertz CT molecular complexity index is 197. The predicted molar refractivity (Wildman–Crippen MR) is 59.7 cm³/mol. The smallest absolute Gasteiger partial charge is 0.225 e. The average Bonchev–Trinajstić information content (AvgIpc) is 2.72. The molecule has 88 valence electrons. The third-order valence-electron chi connectivity index (χ3n) is 2.85. The van der Waals surface area contributed by atoms with Crippen molar-refractivity contribution >= 4 is 5.91 Å². The Hall–Kier alpha value is -0.610. The maximum Gasteiger partial charge on any atom is 0.225 e. The second kappa shape index (κ2) is 6.80. The van der Waals surface area contributed by atoms with Gasteiger partial charge in [0.05, 0.1) is 12.0 Å². The van der Waals surface area contributed by atoms with E-state index in [9.17, 15) is 4.79 Å². The van der Waals surface area contributed by atoms with Crippen LogP contribution in [0.5, 0.6) is 0 Å². The first kappa shape index (κ1) is 12.5. The van der Waals surface area contributed by atoms with Gasteiger partial charge in [0.1, 0.15) is 0 Å². The molecule has 0 radical (unpaired) electrons. The van der Waals surface area contributed by atoms with Crippen molar-refractivity contribution in [2.45, 2.75) is 32.3 Å². The average molecular weight is 214 g/mol. The lowest BCUT2D eigenvalue weighted by molar-refractivity contribution is -0.126. The normalized spacial score (nSPS) is 25.5. The van der Waals surface area contributed by atoms with Gasteiger partial charge in [-0.1, -0.05) is 6.92 Å². The zero-order valence-electron chi connectivity index (χ0n) is 9.71. The number of amides is 1. The van der Waals surface area contributed by atoms with E-state index in [-0.39, 0.29) is 17.9 Å². The third kappa shape index (κ3) is 3.80. The van der Waals surface area contributed by atoms with Crippen LogP contribution in [0.25, 0.3) is 0 Å². The van der Waals surface area contributed by atoms with E-state index in [1.807, 2.05) is 7.05 Å². The van der Waals surface area contributed by atoms with Gasteiger partial charge in [-0.2, -0.15) is 0 Å². The molecule has 1 saturated heterocycles. The molecule has 0 bridgehead atoms. The van der Waals surface area contributed by atoms with Gasteiger partial charge in [-0.15, -0.1) is 0 Å². The highest BCUT2D eigenvalue weighted by atomic mass is 16.5. The molecule has 2 atom stereocenters. The quantitative estimate of drug-likeness (QED) is 0.634. The summed E-state index contributed by atoms with van der Waals surface area (Å²) in [5.74, 6) is 0.236. The lowest BCUT2D eigenvalue weighted by atomic mass is 9.99. The van der Waals surface area contributed by atoms with E-state index in [1.54, 1.807) is 0 Å². The van der Waals surface area contributed by atoms with Gasteiger partial charge in [-0.05, 0) is 32.9 Å². The summed E-state index contributed by atoms with van der Waals surface area (Å²) in [6, 6.07) is 0. The van der Waals surface area contributed by atoms with E-state index in [4.69, 9.17) is 4.74 Å². The van der Waals surface area contributed by atoms with E-state index in [0.717, 1.165) is 39.0 Å². The molecular formula is C11H22N2O2. The summed E-state index contributed by atoms with van der Waals surface area (Å²) in [5.41, 5.74) is 0. The van der Waals surface area contributed by atoms with E-state index >= 15 is 0 Å². The first-order chi connectivity index (χ1) is 7.29. The van der Waals surface area contributed by atoms with Gasteiger partial charge in [-0.3, -0.25) is 4.79 Å². The molecule has 1 aliphatic heterocycles. The van der Waals surface area contributed by atoms with Gasteiger partial charge in [0.2, 0.25) is 5.91 Å². The number of carbonyl (C=O) groups is 1. The fourth-order valence-electron chi connectivity index (χ4n) is 1.96. The van der Waals surface area contributed by atoms with Crippen molar-refractivity contribution in [2.75, 3.05) is 26.7 Å². The van der Waals surface area contributed by atoms with Crippen molar-refractivity contribution in [3.05, 3.63) is 0 Å². The highest BCUT2D eigenvalue weighted by Gasteiger charge is 2.32. The number of nitrogens with one attached hydrogen (secondary N) is 2. The van der Waals surface area contributed by atoms with Crippen LogP contribution in [0.15, 0.2) is 0 Å². The predicted octanol–water partition coefficient (Wildman–Crippen LogP) is 0.527. The molecule has 1 amide bonds. The van der Waals surface area contributed by atoms with Gasteiger partial charge in [0.25, 0.3) is 0 Å². The number of hydrogen-bond donors (Lipinski definition) is 2. The lowest BCUT2D eigenvalue weighted by Gasteiger charge is -2.16. The molecule has 0 spiro atoms. The van der Waals surface area contributed by atoms with Crippen molar-refractivity contribution in [1.29, 1.82) is 0 Å². The van der Waals surface area contributed by atoms with Crippen LogP contribution < -0.4 is 10.6 Å². The zero-order chi connectivity index (χ0) is 11.1. The molecule has 0 aromatic rings. The SMILES string of the molecule is CCC1OCCC1C(=O)NCCCNC. The summed E-state index contributed by atoms with van der Waals surface area (Å²) < 4.78 is 5.49. The first-order valence-corrected chi connectivity index (χ1v) is 5.83.